The molecule has 0 aliphatic heterocycles. The zero-order valence-corrected chi connectivity index (χ0v) is 6.59. The van der Waals surface area contributed by atoms with Gasteiger partial charge in [-0.2, -0.15) is 0 Å². The summed E-state index contributed by atoms with van der Waals surface area (Å²) >= 11 is 0. The number of carboxylic acid groups (broad SMARTS) is 4. The van der Waals surface area contributed by atoms with E-state index in [1.165, 1.54) is 0 Å². The first-order valence-electron chi connectivity index (χ1n) is 1.22. The fourth-order valence-electron chi connectivity index (χ4n) is 0. The van der Waals surface area contributed by atoms with Crippen molar-refractivity contribution in [1.82, 2.24) is 6.15 Å². The third-order valence-corrected chi connectivity index (χ3v) is 0. The Labute approximate surface area is 85.5 Å². The maximum absolute atomic E-state index is 8.33. The zero-order chi connectivity index (χ0) is 7.15. The molecule has 65 valence electrons. The third-order valence-electron chi connectivity index (χ3n) is 0. The first kappa shape index (κ1) is 22.6. The molecule has 0 unspecified atom stereocenters. The van der Waals surface area contributed by atoms with Crippen LogP contribution in [0.3, 0.4) is 0 Å². The molecule has 0 aliphatic carbocycles. The summed E-state index contributed by atoms with van der Waals surface area (Å²) in [6.45, 7) is 0. The van der Waals surface area contributed by atoms with Gasteiger partial charge in [0.2, 0.25) is 0 Å². The van der Waals surface area contributed by atoms with Gasteiger partial charge in [-0.3, -0.25) is 0 Å². The van der Waals surface area contributed by atoms with Crippen LogP contribution in [-0.4, -0.2) is 12.3 Å². The summed E-state index contributed by atoms with van der Waals surface area (Å²) in [5, 5.41) is 33.3. The van der Waals surface area contributed by atoms with Crippen LogP contribution in [0.2, 0.25) is 0 Å². The van der Waals surface area contributed by atoms with E-state index in [-0.39, 0.29) is 43.5 Å². The average Bonchev–Trinajstić information content (AvgIpc) is 1.25. The average molecular weight is 305 g/mol. The van der Waals surface area contributed by atoms with Crippen LogP contribution in [0, 0.1) is 37.3 Å². The van der Waals surface area contributed by atoms with Crippen LogP contribution in [0.1, 0.15) is 0 Å². The Morgan fingerprint density at radius 3 is 0.800 bits per heavy atom. The molecule has 4 N–H and O–H groups in total. The molecule has 0 spiro atoms. The van der Waals surface area contributed by atoms with Gasteiger partial charge < -0.3 is 36.2 Å². The normalized spacial score (nSPS) is 4.80. The molecule has 1 radical (unpaired) electrons. The molecular weight excluding hydrogens is 301 g/mol. The zero-order valence-electron chi connectivity index (χ0n) is 4.74. The molecule has 0 amide bonds. The van der Waals surface area contributed by atoms with Crippen LogP contribution >= 0.6 is 0 Å². The van der Waals surface area contributed by atoms with Crippen LogP contribution in [0.15, 0.2) is 0 Å². The Morgan fingerprint density at radius 2 is 0.800 bits per heavy atom. The Kier molecular flexibility index (Phi) is 35.9. The Balaban J connectivity index is -0.0000000300. The predicted octanol–water partition coefficient (Wildman–Crippen LogP) is -4.52. The van der Waals surface area contributed by atoms with Gasteiger partial charge in [0, 0.05) is 0 Å². The molecule has 0 saturated carbocycles. The first-order valence-corrected chi connectivity index (χ1v) is 1.22. The summed E-state index contributed by atoms with van der Waals surface area (Å²) in [5.41, 5.74) is 0. The SMILES string of the molecule is O=C([O-])[O-].O=C([O-])[O-].[Er+3].[NH4+]. The standard InChI is InChI=1S/2CH2O3.Er.H3N/c2*2-1(3)4;;/h2*(H2,2,3,4);;1H3/q;;+3;/p-3. The Bertz CT molecular complexity index is 73.7. The summed E-state index contributed by atoms with van der Waals surface area (Å²) < 4.78 is 0. The van der Waals surface area contributed by atoms with Crippen LogP contribution in [0.25, 0.3) is 0 Å². The maximum Gasteiger partial charge on any atom is 3.00 e. The summed E-state index contributed by atoms with van der Waals surface area (Å²) in [6.07, 6.45) is -4.67. The fourth-order valence-corrected chi connectivity index (χ4v) is 0. The van der Waals surface area contributed by atoms with Crippen molar-refractivity contribution in [1.29, 1.82) is 0 Å². The molecule has 0 aromatic heterocycles. The van der Waals surface area contributed by atoms with Gasteiger partial charge in [-0.1, -0.05) is 0 Å². The predicted molar refractivity (Wildman–Crippen MR) is 16.8 cm³/mol. The maximum atomic E-state index is 8.33. The second kappa shape index (κ2) is 15.9. The molecule has 0 saturated heterocycles. The number of quaternary nitrogens is 1. The second-order valence-corrected chi connectivity index (χ2v) is 0.500. The minimum Gasteiger partial charge on any atom is -0.652 e. The minimum absolute atomic E-state index is 0. The molecule has 0 rings (SSSR count). The number of carbonyl (C=O) groups excluding carboxylic acids is 2. The summed E-state index contributed by atoms with van der Waals surface area (Å²) in [6, 6.07) is 0. The van der Waals surface area contributed by atoms with Crippen molar-refractivity contribution >= 4 is 12.3 Å². The van der Waals surface area contributed by atoms with Gasteiger partial charge in [0.15, 0.2) is 0 Å². The molecule has 0 aromatic rings. The van der Waals surface area contributed by atoms with E-state index in [2.05, 4.69) is 0 Å². The van der Waals surface area contributed by atoms with Crippen LogP contribution in [-0.2, 0) is 0 Å². The number of carbonyl (C=O) groups is 2. The van der Waals surface area contributed by atoms with E-state index in [0.717, 1.165) is 0 Å². The largest absolute Gasteiger partial charge is 3.00 e. The van der Waals surface area contributed by atoms with Crippen LogP contribution < -0.4 is 26.6 Å². The van der Waals surface area contributed by atoms with Gasteiger partial charge in [0.1, 0.15) is 0 Å². The van der Waals surface area contributed by atoms with E-state index in [1.54, 1.807) is 0 Å². The van der Waals surface area contributed by atoms with E-state index in [1.807, 2.05) is 0 Å². The van der Waals surface area contributed by atoms with Gasteiger partial charge in [-0.05, 0) is 12.3 Å². The van der Waals surface area contributed by atoms with E-state index < -0.39 is 12.3 Å². The van der Waals surface area contributed by atoms with Crippen molar-refractivity contribution in [2.45, 2.75) is 0 Å². The van der Waals surface area contributed by atoms with E-state index >= 15 is 0 Å². The van der Waals surface area contributed by atoms with Crippen molar-refractivity contribution in [2.75, 3.05) is 0 Å². The van der Waals surface area contributed by atoms with Crippen LogP contribution in [0.5, 0.6) is 0 Å². The number of rotatable bonds is 0. The van der Waals surface area contributed by atoms with Crippen molar-refractivity contribution in [2.24, 2.45) is 0 Å². The van der Waals surface area contributed by atoms with Crippen molar-refractivity contribution in [3.05, 3.63) is 0 Å². The third kappa shape index (κ3) is 5500. The molecule has 0 aromatic carbocycles. The smallest absolute Gasteiger partial charge is 0.652 e. The molecule has 0 fully saturated rings. The van der Waals surface area contributed by atoms with E-state index in [9.17, 15) is 0 Å². The van der Waals surface area contributed by atoms with Gasteiger partial charge >= 0.3 is 37.3 Å². The van der Waals surface area contributed by atoms with Crippen molar-refractivity contribution in [3.8, 4) is 0 Å². The Morgan fingerprint density at radius 1 is 0.800 bits per heavy atom. The molecule has 0 heterocycles. The van der Waals surface area contributed by atoms with Crippen molar-refractivity contribution < 1.29 is 67.3 Å². The second-order valence-electron chi connectivity index (χ2n) is 0.500. The van der Waals surface area contributed by atoms with Crippen molar-refractivity contribution in [3.63, 3.8) is 0 Å². The van der Waals surface area contributed by atoms with Crippen LogP contribution in [0.4, 0.5) is 9.59 Å². The summed E-state index contributed by atoms with van der Waals surface area (Å²) in [7, 11) is 0. The Hall–Kier alpha value is -0.253. The van der Waals surface area contributed by atoms with Gasteiger partial charge in [-0.15, -0.1) is 0 Å². The van der Waals surface area contributed by atoms with Gasteiger partial charge in [-0.25, -0.2) is 0 Å². The summed E-state index contributed by atoms with van der Waals surface area (Å²) in [5.74, 6) is 0. The summed E-state index contributed by atoms with van der Waals surface area (Å²) in [4.78, 5) is 16.7. The molecule has 0 atom stereocenters. The van der Waals surface area contributed by atoms with E-state index in [0.29, 0.717) is 0 Å². The monoisotopic (exact) mass is 304 g/mol. The molecular formula is C2H4ErNO6. The number of hydrogen-bond acceptors (Lipinski definition) is 6. The van der Waals surface area contributed by atoms with Gasteiger partial charge in [0.05, 0.1) is 0 Å². The topological polar surface area (TPSA) is 163 Å². The molecule has 8 heteroatoms. The fraction of sp³-hybridized carbons (Fsp3) is 0. The molecule has 0 bridgehead atoms. The quantitative estimate of drug-likeness (QED) is 0.474. The molecule has 7 nitrogen and oxygen atoms in total. The molecule has 0 aliphatic rings. The first-order chi connectivity index (χ1) is 3.46. The van der Waals surface area contributed by atoms with E-state index in [4.69, 9.17) is 30.0 Å². The molecule has 10 heavy (non-hydrogen) atoms. The number of hydrogen-bond donors (Lipinski definition) is 1. The minimum atomic E-state index is -2.33. The van der Waals surface area contributed by atoms with Gasteiger partial charge in [0.25, 0.3) is 0 Å².